The van der Waals surface area contributed by atoms with Gasteiger partial charge >= 0.3 is 6.03 Å². The fraction of sp³-hybridized carbons (Fsp3) is 0.500. The summed E-state index contributed by atoms with van der Waals surface area (Å²) in [5.74, 6) is 1.54. The van der Waals surface area contributed by atoms with E-state index in [0.717, 1.165) is 41.5 Å². The molecule has 0 radical (unpaired) electrons. The number of hydrogen-bond acceptors (Lipinski definition) is 7. The molecular weight excluding hydrogens is 422 g/mol. The van der Waals surface area contributed by atoms with Crippen LogP contribution in [0.15, 0.2) is 30.3 Å². The van der Waals surface area contributed by atoms with Crippen LogP contribution < -0.4 is 10.6 Å². The predicted molar refractivity (Wildman–Crippen MR) is 118 cm³/mol. The zero-order chi connectivity index (χ0) is 20.8. The molecule has 160 valence electrons. The van der Waals surface area contributed by atoms with E-state index >= 15 is 0 Å². The quantitative estimate of drug-likeness (QED) is 0.707. The van der Waals surface area contributed by atoms with E-state index in [2.05, 4.69) is 20.8 Å². The van der Waals surface area contributed by atoms with Crippen molar-refractivity contribution in [2.75, 3.05) is 36.5 Å². The van der Waals surface area contributed by atoms with Gasteiger partial charge in [-0.1, -0.05) is 41.7 Å². The molecule has 2 N–H and O–H groups in total. The van der Waals surface area contributed by atoms with Gasteiger partial charge in [0, 0.05) is 37.6 Å². The van der Waals surface area contributed by atoms with Crippen LogP contribution in [0.3, 0.4) is 0 Å². The number of ether oxygens (including phenoxy) is 1. The molecule has 2 fully saturated rings. The summed E-state index contributed by atoms with van der Waals surface area (Å²) >= 11 is 3.16. The monoisotopic (exact) mass is 447 g/mol. The van der Waals surface area contributed by atoms with Crippen LogP contribution >= 0.6 is 23.1 Å². The maximum atomic E-state index is 13.0. The minimum Gasteiger partial charge on any atom is -0.371 e. The third kappa shape index (κ3) is 5.50. The van der Waals surface area contributed by atoms with E-state index in [9.17, 15) is 9.59 Å². The molecule has 8 nitrogen and oxygen atoms in total. The van der Waals surface area contributed by atoms with Crippen LogP contribution in [0.5, 0.6) is 0 Å². The highest BCUT2D eigenvalue weighted by molar-refractivity contribution is 7.99. The summed E-state index contributed by atoms with van der Waals surface area (Å²) < 4.78 is 5.63. The lowest BCUT2D eigenvalue weighted by Gasteiger charge is -2.28. The van der Waals surface area contributed by atoms with Gasteiger partial charge in [-0.05, 0) is 18.4 Å². The van der Waals surface area contributed by atoms with Crippen molar-refractivity contribution in [1.29, 1.82) is 0 Å². The number of urea groups is 1. The fourth-order valence-corrected chi connectivity index (χ4v) is 5.18. The molecular formula is C20H25N5O3S2. The minimum absolute atomic E-state index is 0.0371. The van der Waals surface area contributed by atoms with Crippen LogP contribution in [0.2, 0.25) is 0 Å². The largest absolute Gasteiger partial charge is 0.371 e. The number of carbonyl (C=O) groups is 2. The van der Waals surface area contributed by atoms with Gasteiger partial charge in [-0.25, -0.2) is 4.79 Å². The topological polar surface area (TPSA) is 96.5 Å². The second-order valence-corrected chi connectivity index (χ2v) is 9.46. The van der Waals surface area contributed by atoms with Crippen molar-refractivity contribution in [1.82, 2.24) is 20.4 Å². The number of amides is 3. The highest BCUT2D eigenvalue weighted by Gasteiger charge is 2.27. The summed E-state index contributed by atoms with van der Waals surface area (Å²) in [6.07, 6.45) is 2.29. The molecule has 1 aromatic carbocycles. The molecule has 0 saturated carbocycles. The van der Waals surface area contributed by atoms with Gasteiger partial charge in [0.15, 0.2) is 0 Å². The average molecular weight is 448 g/mol. The number of rotatable bonds is 6. The third-order valence-corrected chi connectivity index (χ3v) is 6.94. The highest BCUT2D eigenvalue weighted by atomic mass is 32.2. The maximum Gasteiger partial charge on any atom is 0.318 e. The molecule has 1 aromatic heterocycles. The predicted octanol–water partition coefficient (Wildman–Crippen LogP) is 2.70. The van der Waals surface area contributed by atoms with Crippen molar-refractivity contribution in [3.05, 3.63) is 40.9 Å². The smallest absolute Gasteiger partial charge is 0.318 e. The van der Waals surface area contributed by atoms with Crippen molar-refractivity contribution >= 4 is 40.2 Å². The molecule has 10 heteroatoms. The first-order valence-electron chi connectivity index (χ1n) is 10.1. The first-order chi connectivity index (χ1) is 14.7. The Balaban J connectivity index is 1.43. The van der Waals surface area contributed by atoms with Crippen LogP contribution in [0, 0.1) is 0 Å². The first kappa shape index (κ1) is 21.1. The van der Waals surface area contributed by atoms with Crippen LogP contribution in [-0.4, -0.2) is 64.3 Å². The van der Waals surface area contributed by atoms with Gasteiger partial charge in [-0.15, -0.1) is 10.2 Å². The fourth-order valence-electron chi connectivity index (χ4n) is 3.45. The van der Waals surface area contributed by atoms with Crippen molar-refractivity contribution < 1.29 is 14.3 Å². The van der Waals surface area contributed by atoms with Crippen LogP contribution in [0.4, 0.5) is 9.93 Å². The Morgan fingerprint density at radius 2 is 2.00 bits per heavy atom. The lowest BCUT2D eigenvalue weighted by atomic mass is 10.1. The summed E-state index contributed by atoms with van der Waals surface area (Å²) in [4.78, 5) is 27.5. The maximum absolute atomic E-state index is 13.0. The number of nitrogens with one attached hydrogen (secondary N) is 2. The zero-order valence-electron chi connectivity index (χ0n) is 16.6. The number of hydrogen-bond donors (Lipinski definition) is 2. The second kappa shape index (κ2) is 10.2. The molecule has 2 aliphatic heterocycles. The van der Waals surface area contributed by atoms with E-state index in [1.165, 1.54) is 11.3 Å². The molecule has 2 aromatic rings. The van der Waals surface area contributed by atoms with Crippen LogP contribution in [0.1, 0.15) is 29.5 Å². The second-order valence-electron chi connectivity index (χ2n) is 7.23. The average Bonchev–Trinajstić information content (AvgIpc) is 3.46. The number of thioether (sulfide) groups is 1. The Hall–Kier alpha value is -2.17. The molecule has 0 spiro atoms. The van der Waals surface area contributed by atoms with Gasteiger partial charge in [0.2, 0.25) is 11.0 Å². The van der Waals surface area contributed by atoms with Gasteiger partial charge < -0.3 is 15.0 Å². The van der Waals surface area contributed by atoms with E-state index in [0.29, 0.717) is 24.6 Å². The molecule has 2 atom stereocenters. The van der Waals surface area contributed by atoms with Crippen LogP contribution in [-0.2, 0) is 16.0 Å². The summed E-state index contributed by atoms with van der Waals surface area (Å²) in [5, 5.41) is 15.2. The Kier molecular flexibility index (Phi) is 7.19. The summed E-state index contributed by atoms with van der Waals surface area (Å²) in [6, 6.07) is 8.76. The third-order valence-electron chi connectivity index (χ3n) is 5.07. The Morgan fingerprint density at radius 3 is 2.73 bits per heavy atom. The van der Waals surface area contributed by atoms with E-state index in [-0.39, 0.29) is 18.0 Å². The molecule has 2 saturated heterocycles. The SMILES string of the molecule is O=C(Nc1nnc(C2CCCO2)s1)[C@H](Cc1ccccc1)NC(=O)N1CCSCC1. The molecule has 4 rings (SSSR count). The van der Waals surface area contributed by atoms with Crippen molar-refractivity contribution in [2.45, 2.75) is 31.4 Å². The van der Waals surface area contributed by atoms with Crippen LogP contribution in [0.25, 0.3) is 0 Å². The first-order valence-corrected chi connectivity index (χ1v) is 12.1. The standard InChI is InChI=1S/C20H25N5O3S2/c26-17(22-19-24-23-18(30-19)16-7-4-10-28-16)15(13-14-5-2-1-3-6-14)21-20(27)25-8-11-29-12-9-25/h1-3,5-6,15-16H,4,7-13H2,(H,21,27)(H,22,24,26)/t15-,16?/m0/s1. The Bertz CT molecular complexity index is 851. The molecule has 30 heavy (non-hydrogen) atoms. The number of anilines is 1. The molecule has 2 aliphatic rings. The summed E-state index contributed by atoms with van der Waals surface area (Å²) in [7, 11) is 0. The minimum atomic E-state index is -0.704. The lowest BCUT2D eigenvalue weighted by Crippen LogP contribution is -2.52. The van der Waals surface area contributed by atoms with E-state index in [1.54, 1.807) is 4.90 Å². The molecule has 0 bridgehead atoms. The Labute approximate surface area is 183 Å². The molecule has 3 amide bonds. The van der Waals surface area contributed by atoms with Gasteiger partial charge in [-0.3, -0.25) is 10.1 Å². The molecule has 0 aliphatic carbocycles. The normalized spacial score (nSPS) is 20.0. The van der Waals surface area contributed by atoms with Gasteiger partial charge in [-0.2, -0.15) is 11.8 Å². The van der Waals surface area contributed by atoms with Crippen molar-refractivity contribution in [3.8, 4) is 0 Å². The van der Waals surface area contributed by atoms with Gasteiger partial charge in [0.05, 0.1) is 0 Å². The van der Waals surface area contributed by atoms with Gasteiger partial charge in [0.25, 0.3) is 0 Å². The number of aromatic nitrogens is 2. The van der Waals surface area contributed by atoms with E-state index < -0.39 is 6.04 Å². The number of nitrogens with zero attached hydrogens (tertiary/aromatic N) is 3. The number of carbonyl (C=O) groups excluding carboxylic acids is 2. The van der Waals surface area contributed by atoms with Crippen molar-refractivity contribution in [3.63, 3.8) is 0 Å². The Morgan fingerprint density at radius 1 is 1.20 bits per heavy atom. The van der Waals surface area contributed by atoms with E-state index in [1.807, 2.05) is 42.1 Å². The highest BCUT2D eigenvalue weighted by Crippen LogP contribution is 2.31. The van der Waals surface area contributed by atoms with E-state index in [4.69, 9.17) is 4.74 Å². The summed E-state index contributed by atoms with van der Waals surface area (Å²) in [5.41, 5.74) is 0.976. The van der Waals surface area contributed by atoms with Crippen molar-refractivity contribution in [2.24, 2.45) is 0 Å². The van der Waals surface area contributed by atoms with Gasteiger partial charge in [0.1, 0.15) is 17.2 Å². The molecule has 3 heterocycles. The lowest BCUT2D eigenvalue weighted by molar-refractivity contribution is -0.118. The molecule has 1 unspecified atom stereocenters. The number of benzene rings is 1. The zero-order valence-corrected chi connectivity index (χ0v) is 18.2. The summed E-state index contributed by atoms with van der Waals surface area (Å²) in [6.45, 7) is 2.11.